The molecule has 4 aromatic rings. The number of hydrogen-bond donors (Lipinski definition) is 0. The van der Waals surface area contributed by atoms with Crippen molar-refractivity contribution in [1.29, 1.82) is 0 Å². The number of anilines is 3. The number of rotatable bonds is 5. The second-order valence-corrected chi connectivity index (χ2v) is 9.65. The zero-order chi connectivity index (χ0) is 25.7. The zero-order valence-corrected chi connectivity index (χ0v) is 21.6. The summed E-state index contributed by atoms with van der Waals surface area (Å²) in [5, 5.41) is 0. The first-order valence-corrected chi connectivity index (χ1v) is 12.8. The summed E-state index contributed by atoms with van der Waals surface area (Å²) in [5.74, 6) is 1.08. The maximum absolute atomic E-state index is 13.2. The average Bonchev–Trinajstić information content (AvgIpc) is 3.22. The Morgan fingerprint density at radius 2 is 1.43 bits per heavy atom. The molecule has 1 unspecified atom stereocenters. The number of aryl methyl sites for hydroxylation is 1. The molecule has 186 valence electrons. The largest absolute Gasteiger partial charge is 0.456 e. The van der Waals surface area contributed by atoms with E-state index >= 15 is 0 Å². The molecule has 0 saturated heterocycles. The molecule has 6 rings (SSSR count). The van der Waals surface area contributed by atoms with E-state index in [2.05, 4.69) is 79.1 Å². The standard InChI is InChI=1S/C32H30N2O3/c1-5-34(6-2)24-15-17-27-30(20-24)36-29-18-16-23(33(4)22-13-11-21(3)12-14-22)19-28(29)32(27)26-10-8-7-9-25(26)31(35)37-32/h7-20H,5-6H2,1-4H3. The maximum Gasteiger partial charge on any atom is 0.340 e. The van der Waals surface area contributed by atoms with Crippen LogP contribution >= 0.6 is 0 Å². The van der Waals surface area contributed by atoms with Crippen LogP contribution in [0.4, 0.5) is 17.1 Å². The molecule has 0 aliphatic carbocycles. The third-order valence-electron chi connectivity index (χ3n) is 7.62. The Bertz CT molecular complexity index is 1510. The van der Waals surface area contributed by atoms with Gasteiger partial charge in [-0.15, -0.1) is 0 Å². The van der Waals surface area contributed by atoms with E-state index in [4.69, 9.17) is 9.47 Å². The van der Waals surface area contributed by atoms with E-state index in [0.29, 0.717) is 17.1 Å². The lowest BCUT2D eigenvalue weighted by molar-refractivity contribution is 0.0224. The van der Waals surface area contributed by atoms with Gasteiger partial charge in [0.25, 0.3) is 0 Å². The van der Waals surface area contributed by atoms with Crippen LogP contribution in [0.5, 0.6) is 11.5 Å². The Labute approximate surface area is 217 Å². The summed E-state index contributed by atoms with van der Waals surface area (Å²) < 4.78 is 12.9. The topological polar surface area (TPSA) is 42.0 Å². The van der Waals surface area contributed by atoms with Crippen LogP contribution in [0.15, 0.2) is 84.9 Å². The fourth-order valence-electron chi connectivity index (χ4n) is 5.56. The van der Waals surface area contributed by atoms with Gasteiger partial charge in [-0.1, -0.05) is 35.9 Å². The lowest BCUT2D eigenvalue weighted by Crippen LogP contribution is -2.33. The Morgan fingerprint density at radius 3 is 2.19 bits per heavy atom. The molecular formula is C32H30N2O3. The molecular weight excluding hydrogens is 460 g/mol. The summed E-state index contributed by atoms with van der Waals surface area (Å²) in [6.45, 7) is 8.15. The lowest BCUT2D eigenvalue weighted by atomic mass is 9.77. The Hall–Kier alpha value is -4.25. The molecule has 1 spiro atoms. The minimum Gasteiger partial charge on any atom is -0.456 e. The normalized spacial score (nSPS) is 16.9. The predicted octanol–water partition coefficient (Wildman–Crippen LogP) is 7.18. The van der Waals surface area contributed by atoms with Crippen molar-refractivity contribution in [3.63, 3.8) is 0 Å². The van der Waals surface area contributed by atoms with Gasteiger partial charge in [0.05, 0.1) is 5.56 Å². The van der Waals surface area contributed by atoms with Gasteiger partial charge in [0.1, 0.15) is 11.5 Å². The molecule has 0 aromatic heterocycles. The summed E-state index contributed by atoms with van der Waals surface area (Å²) in [5.41, 5.74) is 6.36. The first kappa shape index (κ1) is 23.2. The molecule has 5 nitrogen and oxygen atoms in total. The van der Waals surface area contributed by atoms with E-state index in [9.17, 15) is 4.79 Å². The molecule has 0 N–H and O–H groups in total. The van der Waals surface area contributed by atoms with Gasteiger partial charge in [-0.05, 0) is 69.3 Å². The summed E-state index contributed by atoms with van der Waals surface area (Å²) >= 11 is 0. The average molecular weight is 491 g/mol. The van der Waals surface area contributed by atoms with Gasteiger partial charge >= 0.3 is 5.97 Å². The molecule has 2 aliphatic rings. The molecule has 2 heterocycles. The first-order valence-electron chi connectivity index (χ1n) is 12.8. The maximum atomic E-state index is 13.2. The number of fused-ring (bicyclic) bond motifs is 6. The molecule has 0 amide bonds. The van der Waals surface area contributed by atoms with E-state index in [0.717, 1.165) is 46.8 Å². The summed E-state index contributed by atoms with van der Waals surface area (Å²) in [6.07, 6.45) is 0. The number of ether oxygens (including phenoxy) is 2. The molecule has 4 aromatic carbocycles. The van der Waals surface area contributed by atoms with Gasteiger partial charge in [-0.25, -0.2) is 4.79 Å². The highest BCUT2D eigenvalue weighted by molar-refractivity contribution is 5.97. The molecule has 0 fully saturated rings. The summed E-state index contributed by atoms with van der Waals surface area (Å²) in [7, 11) is 2.04. The SMILES string of the molecule is CCN(CC)c1ccc2c(c1)Oc1ccc(N(C)c3ccc(C)cc3)cc1C21OC(=O)c2ccccc21. The van der Waals surface area contributed by atoms with Crippen LogP contribution in [0.25, 0.3) is 0 Å². The summed E-state index contributed by atoms with van der Waals surface area (Å²) in [6, 6.07) is 28.4. The monoisotopic (exact) mass is 490 g/mol. The van der Waals surface area contributed by atoms with Crippen molar-refractivity contribution in [2.24, 2.45) is 0 Å². The molecule has 0 saturated carbocycles. The number of nitrogens with zero attached hydrogens (tertiary/aromatic N) is 2. The Morgan fingerprint density at radius 1 is 0.730 bits per heavy atom. The molecule has 5 heteroatoms. The fourth-order valence-corrected chi connectivity index (χ4v) is 5.56. The quantitative estimate of drug-likeness (QED) is 0.277. The van der Waals surface area contributed by atoms with Gasteiger partial charge in [0.2, 0.25) is 0 Å². The number of carbonyl (C=O) groups excluding carboxylic acids is 1. The minimum atomic E-state index is -1.08. The fraction of sp³-hybridized carbons (Fsp3) is 0.219. The van der Waals surface area contributed by atoms with Crippen molar-refractivity contribution in [2.75, 3.05) is 29.9 Å². The van der Waals surface area contributed by atoms with Gasteiger partial charge in [-0.3, -0.25) is 0 Å². The van der Waals surface area contributed by atoms with Crippen molar-refractivity contribution in [3.05, 3.63) is 113 Å². The second-order valence-electron chi connectivity index (χ2n) is 9.65. The highest BCUT2D eigenvalue weighted by atomic mass is 16.6. The van der Waals surface area contributed by atoms with E-state index in [-0.39, 0.29) is 5.97 Å². The second kappa shape index (κ2) is 8.70. The third kappa shape index (κ3) is 3.49. The van der Waals surface area contributed by atoms with Crippen LogP contribution < -0.4 is 14.5 Å². The van der Waals surface area contributed by atoms with E-state index in [1.54, 1.807) is 0 Å². The molecule has 1 atom stereocenters. The van der Waals surface area contributed by atoms with Crippen LogP contribution in [-0.2, 0) is 10.3 Å². The van der Waals surface area contributed by atoms with Crippen LogP contribution in [0, 0.1) is 6.92 Å². The number of benzene rings is 4. The van der Waals surface area contributed by atoms with Crippen LogP contribution in [0.3, 0.4) is 0 Å². The number of esters is 1. The molecule has 0 radical (unpaired) electrons. The van der Waals surface area contributed by atoms with Gasteiger partial charge in [-0.2, -0.15) is 0 Å². The van der Waals surface area contributed by atoms with Crippen molar-refractivity contribution in [1.82, 2.24) is 0 Å². The predicted molar refractivity (Wildman–Crippen MR) is 148 cm³/mol. The lowest BCUT2D eigenvalue weighted by Gasteiger charge is -2.38. The van der Waals surface area contributed by atoms with E-state index in [1.165, 1.54) is 5.56 Å². The Balaban J connectivity index is 1.56. The number of carbonyl (C=O) groups is 1. The molecule has 2 aliphatic heterocycles. The minimum absolute atomic E-state index is 0.320. The van der Waals surface area contributed by atoms with E-state index in [1.807, 2.05) is 43.4 Å². The Kier molecular flexibility index (Phi) is 5.45. The highest BCUT2D eigenvalue weighted by Crippen LogP contribution is 2.57. The smallest absolute Gasteiger partial charge is 0.340 e. The van der Waals surface area contributed by atoms with Crippen molar-refractivity contribution in [2.45, 2.75) is 26.4 Å². The van der Waals surface area contributed by atoms with Crippen molar-refractivity contribution >= 4 is 23.0 Å². The van der Waals surface area contributed by atoms with Crippen LogP contribution in [-0.4, -0.2) is 26.1 Å². The van der Waals surface area contributed by atoms with Gasteiger partial charge < -0.3 is 19.3 Å². The van der Waals surface area contributed by atoms with Crippen LogP contribution in [0.2, 0.25) is 0 Å². The van der Waals surface area contributed by atoms with E-state index < -0.39 is 5.60 Å². The first-order chi connectivity index (χ1) is 18.0. The van der Waals surface area contributed by atoms with Crippen molar-refractivity contribution < 1.29 is 14.3 Å². The summed E-state index contributed by atoms with van der Waals surface area (Å²) in [4.78, 5) is 17.6. The third-order valence-corrected chi connectivity index (χ3v) is 7.62. The van der Waals surface area contributed by atoms with Crippen LogP contribution in [0.1, 0.15) is 46.5 Å². The van der Waals surface area contributed by atoms with Gasteiger partial charge in [0.15, 0.2) is 5.60 Å². The highest BCUT2D eigenvalue weighted by Gasteiger charge is 2.53. The van der Waals surface area contributed by atoms with Gasteiger partial charge in [0, 0.05) is 60.0 Å². The number of hydrogen-bond acceptors (Lipinski definition) is 5. The molecule has 0 bridgehead atoms. The van der Waals surface area contributed by atoms with Crippen molar-refractivity contribution in [3.8, 4) is 11.5 Å². The zero-order valence-electron chi connectivity index (χ0n) is 21.6. The molecule has 37 heavy (non-hydrogen) atoms.